The maximum Gasteiger partial charge on any atom is 0.126 e. The number of hydrogen-bond acceptors (Lipinski definition) is 5. The minimum atomic E-state index is -0.295. The van der Waals surface area contributed by atoms with E-state index in [9.17, 15) is 4.39 Å². The van der Waals surface area contributed by atoms with Gasteiger partial charge in [-0.05, 0) is 73.3 Å². The molecule has 1 aliphatic heterocycles. The largest absolute Gasteiger partial charge is 0.496 e. The Balaban J connectivity index is 1.44. The van der Waals surface area contributed by atoms with E-state index >= 15 is 0 Å². The molecule has 1 aliphatic rings. The van der Waals surface area contributed by atoms with E-state index in [4.69, 9.17) is 4.74 Å². The van der Waals surface area contributed by atoms with Crippen LogP contribution in [0.2, 0.25) is 0 Å². The number of fused-ring (bicyclic) bond motifs is 1. The first-order valence-corrected chi connectivity index (χ1v) is 11.1. The highest BCUT2D eigenvalue weighted by atomic mass is 19.1. The minimum Gasteiger partial charge on any atom is -0.496 e. The monoisotopic (exact) mass is 442 g/mol. The Morgan fingerprint density at radius 3 is 2.45 bits per heavy atom. The summed E-state index contributed by atoms with van der Waals surface area (Å²) in [7, 11) is 3.76. The van der Waals surface area contributed by atoms with E-state index in [0.717, 1.165) is 54.0 Å². The Labute approximate surface area is 193 Å². The van der Waals surface area contributed by atoms with Gasteiger partial charge in [0.15, 0.2) is 0 Å². The molecule has 168 valence electrons. The van der Waals surface area contributed by atoms with Gasteiger partial charge in [-0.1, -0.05) is 6.07 Å². The van der Waals surface area contributed by atoms with E-state index in [1.54, 1.807) is 19.4 Å². The normalized spacial score (nSPS) is 14.5. The predicted molar refractivity (Wildman–Crippen MR) is 133 cm³/mol. The van der Waals surface area contributed by atoms with Crippen LogP contribution in [0.1, 0.15) is 0 Å². The van der Waals surface area contributed by atoms with Crippen molar-refractivity contribution in [3.05, 3.63) is 78.7 Å². The molecule has 1 N–H and O–H groups in total. The molecule has 5 nitrogen and oxygen atoms in total. The summed E-state index contributed by atoms with van der Waals surface area (Å²) in [6.07, 6.45) is 1.80. The molecular formula is C27H27FN4O. The smallest absolute Gasteiger partial charge is 0.126 e. The van der Waals surface area contributed by atoms with Crippen molar-refractivity contribution in [3.63, 3.8) is 0 Å². The Hall–Kier alpha value is -3.64. The molecule has 0 unspecified atom stereocenters. The Bertz CT molecular complexity index is 1270. The zero-order valence-corrected chi connectivity index (χ0v) is 18.9. The van der Waals surface area contributed by atoms with Gasteiger partial charge in [-0.2, -0.15) is 0 Å². The van der Waals surface area contributed by atoms with Crippen LogP contribution in [0.5, 0.6) is 5.75 Å². The second-order valence-electron chi connectivity index (χ2n) is 8.40. The number of anilines is 3. The molecule has 0 saturated carbocycles. The summed E-state index contributed by atoms with van der Waals surface area (Å²) < 4.78 is 19.4. The summed E-state index contributed by atoms with van der Waals surface area (Å²) >= 11 is 0. The fraction of sp³-hybridized carbons (Fsp3) is 0.222. The topological polar surface area (TPSA) is 40.6 Å². The highest BCUT2D eigenvalue weighted by Gasteiger charge is 2.14. The summed E-state index contributed by atoms with van der Waals surface area (Å²) in [5.41, 5.74) is 5.66. The van der Waals surface area contributed by atoms with Crippen LogP contribution in [-0.4, -0.2) is 50.2 Å². The lowest BCUT2D eigenvalue weighted by Gasteiger charge is -2.34. The number of ether oxygens (including phenoxy) is 1. The van der Waals surface area contributed by atoms with Gasteiger partial charge in [-0.3, -0.25) is 4.98 Å². The molecule has 3 aromatic carbocycles. The van der Waals surface area contributed by atoms with Crippen molar-refractivity contribution in [1.82, 2.24) is 9.88 Å². The molecule has 4 aromatic rings. The zero-order valence-electron chi connectivity index (χ0n) is 18.9. The molecule has 0 bridgehead atoms. The van der Waals surface area contributed by atoms with Crippen molar-refractivity contribution in [1.29, 1.82) is 0 Å². The molecule has 1 aromatic heterocycles. The second-order valence-corrected chi connectivity index (χ2v) is 8.40. The zero-order chi connectivity index (χ0) is 22.8. The third-order valence-electron chi connectivity index (χ3n) is 6.23. The SMILES string of the molecule is COc1ccc(F)cc1-c1ccc2nccc(Nc3ccc(N4CCN(C)CC4)cc3)c2c1. The van der Waals surface area contributed by atoms with Crippen molar-refractivity contribution < 1.29 is 9.13 Å². The Morgan fingerprint density at radius 1 is 0.909 bits per heavy atom. The Kier molecular flexibility index (Phi) is 5.84. The highest BCUT2D eigenvalue weighted by molar-refractivity contribution is 5.96. The van der Waals surface area contributed by atoms with E-state index in [0.29, 0.717) is 11.3 Å². The molecule has 0 radical (unpaired) electrons. The molecule has 2 heterocycles. The quantitative estimate of drug-likeness (QED) is 0.439. The lowest BCUT2D eigenvalue weighted by Crippen LogP contribution is -2.44. The van der Waals surface area contributed by atoms with Crippen LogP contribution in [0.15, 0.2) is 72.9 Å². The van der Waals surface area contributed by atoms with Gasteiger partial charge in [0.1, 0.15) is 11.6 Å². The van der Waals surface area contributed by atoms with E-state index in [-0.39, 0.29) is 5.82 Å². The lowest BCUT2D eigenvalue weighted by atomic mass is 10.0. The van der Waals surface area contributed by atoms with Gasteiger partial charge in [0.25, 0.3) is 0 Å². The van der Waals surface area contributed by atoms with Crippen LogP contribution in [0.4, 0.5) is 21.5 Å². The van der Waals surface area contributed by atoms with Crippen LogP contribution in [0.3, 0.4) is 0 Å². The predicted octanol–water partition coefficient (Wildman–Crippen LogP) is 5.54. The average molecular weight is 443 g/mol. The number of nitrogens with zero attached hydrogens (tertiary/aromatic N) is 3. The van der Waals surface area contributed by atoms with Crippen molar-refractivity contribution in [3.8, 4) is 16.9 Å². The van der Waals surface area contributed by atoms with Gasteiger partial charge in [0.05, 0.1) is 12.6 Å². The van der Waals surface area contributed by atoms with Crippen LogP contribution >= 0.6 is 0 Å². The number of methoxy groups -OCH3 is 1. The third-order valence-corrected chi connectivity index (χ3v) is 6.23. The van der Waals surface area contributed by atoms with Crippen LogP contribution in [-0.2, 0) is 0 Å². The molecule has 0 aliphatic carbocycles. The molecule has 6 heteroatoms. The summed E-state index contributed by atoms with van der Waals surface area (Å²) in [5, 5.41) is 4.49. The van der Waals surface area contributed by atoms with E-state index in [1.165, 1.54) is 17.8 Å². The van der Waals surface area contributed by atoms with Gasteiger partial charge < -0.3 is 19.9 Å². The van der Waals surface area contributed by atoms with Crippen molar-refractivity contribution >= 4 is 28.0 Å². The summed E-state index contributed by atoms with van der Waals surface area (Å²) in [6.45, 7) is 4.26. The van der Waals surface area contributed by atoms with E-state index < -0.39 is 0 Å². The fourth-order valence-electron chi connectivity index (χ4n) is 4.30. The van der Waals surface area contributed by atoms with Crippen LogP contribution in [0, 0.1) is 5.82 Å². The summed E-state index contributed by atoms with van der Waals surface area (Å²) in [4.78, 5) is 9.28. The highest BCUT2D eigenvalue weighted by Crippen LogP contribution is 2.35. The van der Waals surface area contributed by atoms with Crippen LogP contribution < -0.4 is 15.0 Å². The molecule has 0 amide bonds. The van der Waals surface area contributed by atoms with Gasteiger partial charge >= 0.3 is 0 Å². The second kappa shape index (κ2) is 9.08. The third kappa shape index (κ3) is 4.47. The molecule has 1 saturated heterocycles. The summed E-state index contributed by atoms with van der Waals surface area (Å²) in [5.74, 6) is 0.338. The van der Waals surface area contributed by atoms with Crippen molar-refractivity contribution in [2.24, 2.45) is 0 Å². The number of nitrogens with one attached hydrogen (secondary N) is 1. The lowest BCUT2D eigenvalue weighted by molar-refractivity contribution is 0.313. The van der Waals surface area contributed by atoms with Crippen LogP contribution in [0.25, 0.3) is 22.0 Å². The molecule has 0 spiro atoms. The number of rotatable bonds is 5. The molecular weight excluding hydrogens is 415 g/mol. The molecule has 5 rings (SSSR count). The number of aromatic nitrogens is 1. The summed E-state index contributed by atoms with van der Waals surface area (Å²) in [6, 6.07) is 21.0. The van der Waals surface area contributed by atoms with Gasteiger partial charge in [0, 0.05) is 60.4 Å². The number of halogens is 1. The van der Waals surface area contributed by atoms with Gasteiger partial charge in [0.2, 0.25) is 0 Å². The van der Waals surface area contributed by atoms with Crippen molar-refractivity contribution in [2.75, 3.05) is 50.6 Å². The van der Waals surface area contributed by atoms with Crippen molar-refractivity contribution in [2.45, 2.75) is 0 Å². The number of pyridine rings is 1. The fourth-order valence-corrected chi connectivity index (χ4v) is 4.30. The Morgan fingerprint density at radius 2 is 1.70 bits per heavy atom. The minimum absolute atomic E-state index is 0.295. The maximum absolute atomic E-state index is 14.0. The number of hydrogen-bond donors (Lipinski definition) is 1. The first-order chi connectivity index (χ1) is 16.1. The molecule has 33 heavy (non-hydrogen) atoms. The standard InChI is InChI=1S/C27H27FN4O/c1-31-13-15-32(16-14-31)22-7-5-21(6-8-22)30-26-11-12-29-25-9-3-19(17-24(25)26)23-18-20(28)4-10-27(23)33-2/h3-12,17-18H,13-16H2,1-2H3,(H,29,30). The number of piperazine rings is 1. The number of benzene rings is 3. The maximum atomic E-state index is 14.0. The molecule has 0 atom stereocenters. The number of likely N-dealkylation sites (N-methyl/N-ethyl adjacent to an activating group) is 1. The first-order valence-electron chi connectivity index (χ1n) is 11.1. The van der Waals surface area contributed by atoms with E-state index in [2.05, 4.69) is 51.4 Å². The van der Waals surface area contributed by atoms with Gasteiger partial charge in [-0.25, -0.2) is 4.39 Å². The van der Waals surface area contributed by atoms with E-state index in [1.807, 2.05) is 24.3 Å². The molecule has 1 fully saturated rings. The average Bonchev–Trinajstić information content (AvgIpc) is 2.85. The first kappa shape index (κ1) is 21.2. The van der Waals surface area contributed by atoms with Gasteiger partial charge in [-0.15, -0.1) is 0 Å².